The number of carboxylic acids is 1. The number of halogens is 1. The van der Waals surface area contributed by atoms with Crippen molar-refractivity contribution in [1.82, 2.24) is 0 Å². The lowest BCUT2D eigenvalue weighted by Gasteiger charge is -2.34. The number of hydrogen-bond donors (Lipinski definition) is 1. The predicted molar refractivity (Wildman–Crippen MR) is 77.2 cm³/mol. The highest BCUT2D eigenvalue weighted by Gasteiger charge is 2.44. The third-order valence-corrected chi connectivity index (χ3v) is 4.44. The Morgan fingerprint density at radius 2 is 2.09 bits per heavy atom. The number of oxime groups is 1. The molecule has 1 aromatic rings. The highest BCUT2D eigenvalue weighted by molar-refractivity contribution is 6.01. The molecule has 5 nitrogen and oxygen atoms in total. The molecule has 0 aliphatic carbocycles. The number of hydrogen-bond acceptors (Lipinski definition) is 4. The lowest BCUT2D eigenvalue weighted by molar-refractivity contribution is -0.158. The standard InChI is InChI=1S/C16H18FNO4/c17-13-4-2-1-3-12(13)14-9-11(22-18-14)10-16(15(19)20)5-7-21-8-6-16/h1-4,11H,5-10H2,(H,19,20)/t11-/m1/s1. The molecule has 0 radical (unpaired) electrons. The van der Waals surface area contributed by atoms with Crippen molar-refractivity contribution in [2.24, 2.45) is 10.6 Å². The van der Waals surface area contributed by atoms with Gasteiger partial charge in [-0.15, -0.1) is 0 Å². The first-order chi connectivity index (χ1) is 10.6. The van der Waals surface area contributed by atoms with E-state index in [4.69, 9.17) is 9.57 Å². The van der Waals surface area contributed by atoms with Crippen LogP contribution < -0.4 is 0 Å². The van der Waals surface area contributed by atoms with Gasteiger partial charge in [0.2, 0.25) is 0 Å². The molecule has 22 heavy (non-hydrogen) atoms. The second kappa shape index (κ2) is 6.04. The Hall–Kier alpha value is -1.95. The molecule has 0 unspecified atom stereocenters. The zero-order valence-electron chi connectivity index (χ0n) is 12.1. The quantitative estimate of drug-likeness (QED) is 0.928. The predicted octanol–water partition coefficient (Wildman–Crippen LogP) is 2.59. The van der Waals surface area contributed by atoms with Crippen LogP contribution in [0.3, 0.4) is 0 Å². The molecule has 0 amide bonds. The van der Waals surface area contributed by atoms with Gasteiger partial charge in [-0.3, -0.25) is 4.79 Å². The van der Waals surface area contributed by atoms with Gasteiger partial charge in [0, 0.05) is 31.6 Å². The van der Waals surface area contributed by atoms with Crippen LogP contribution >= 0.6 is 0 Å². The molecule has 1 atom stereocenters. The summed E-state index contributed by atoms with van der Waals surface area (Å²) in [6, 6.07) is 6.39. The normalized spacial score (nSPS) is 23.7. The van der Waals surface area contributed by atoms with E-state index in [1.54, 1.807) is 18.2 Å². The first-order valence-electron chi connectivity index (χ1n) is 7.39. The van der Waals surface area contributed by atoms with Crippen LogP contribution in [0.4, 0.5) is 4.39 Å². The van der Waals surface area contributed by atoms with E-state index in [2.05, 4.69) is 5.16 Å². The minimum atomic E-state index is -0.830. The molecule has 0 spiro atoms. The van der Waals surface area contributed by atoms with Gasteiger partial charge in [-0.05, 0) is 18.9 Å². The van der Waals surface area contributed by atoms with E-state index in [0.717, 1.165) is 0 Å². The van der Waals surface area contributed by atoms with E-state index in [0.29, 0.717) is 50.2 Å². The summed E-state index contributed by atoms with van der Waals surface area (Å²) >= 11 is 0. The van der Waals surface area contributed by atoms with Gasteiger partial charge >= 0.3 is 5.97 Å². The fourth-order valence-electron chi connectivity index (χ4n) is 3.10. The Kier molecular flexibility index (Phi) is 4.11. The van der Waals surface area contributed by atoms with Gasteiger partial charge in [-0.1, -0.05) is 23.4 Å². The van der Waals surface area contributed by atoms with Crippen molar-refractivity contribution in [3.63, 3.8) is 0 Å². The summed E-state index contributed by atoms with van der Waals surface area (Å²) in [5, 5.41) is 13.5. The zero-order valence-corrected chi connectivity index (χ0v) is 12.1. The molecule has 2 heterocycles. The minimum Gasteiger partial charge on any atom is -0.481 e. The van der Waals surface area contributed by atoms with Crippen molar-refractivity contribution in [1.29, 1.82) is 0 Å². The Balaban J connectivity index is 1.69. The van der Waals surface area contributed by atoms with Crippen molar-refractivity contribution < 1.29 is 23.9 Å². The molecular formula is C16H18FNO4. The van der Waals surface area contributed by atoms with Gasteiger partial charge in [0.15, 0.2) is 0 Å². The summed E-state index contributed by atoms with van der Waals surface area (Å²) in [7, 11) is 0. The fraction of sp³-hybridized carbons (Fsp3) is 0.500. The van der Waals surface area contributed by atoms with Gasteiger partial charge in [0.25, 0.3) is 0 Å². The van der Waals surface area contributed by atoms with Crippen molar-refractivity contribution in [3.8, 4) is 0 Å². The monoisotopic (exact) mass is 307 g/mol. The summed E-state index contributed by atoms with van der Waals surface area (Å²) in [5.41, 5.74) is 0.125. The van der Waals surface area contributed by atoms with Crippen LogP contribution in [0.2, 0.25) is 0 Å². The number of carboxylic acid groups (broad SMARTS) is 1. The van der Waals surface area contributed by atoms with Gasteiger partial charge < -0.3 is 14.7 Å². The SMILES string of the molecule is O=C(O)C1(C[C@H]2CC(c3ccccc3F)=NO2)CCOCC1. The van der Waals surface area contributed by atoms with Crippen LogP contribution in [0.5, 0.6) is 0 Å². The summed E-state index contributed by atoms with van der Waals surface area (Å²) < 4.78 is 19.0. The highest BCUT2D eigenvalue weighted by atomic mass is 19.1. The molecule has 6 heteroatoms. The second-order valence-electron chi connectivity index (χ2n) is 5.85. The molecule has 1 fully saturated rings. The number of rotatable bonds is 4. The molecule has 0 bridgehead atoms. The topological polar surface area (TPSA) is 68.1 Å². The summed E-state index contributed by atoms with van der Waals surface area (Å²) in [4.78, 5) is 17.0. The number of ether oxygens (including phenoxy) is 1. The Labute approximate surface area is 127 Å². The third-order valence-electron chi connectivity index (χ3n) is 4.44. The van der Waals surface area contributed by atoms with Crippen LogP contribution in [0, 0.1) is 11.2 Å². The van der Waals surface area contributed by atoms with Crippen molar-refractivity contribution in [2.75, 3.05) is 13.2 Å². The van der Waals surface area contributed by atoms with Crippen LogP contribution in [0.1, 0.15) is 31.2 Å². The van der Waals surface area contributed by atoms with Crippen LogP contribution in [-0.4, -0.2) is 36.1 Å². The number of nitrogens with zero attached hydrogens (tertiary/aromatic N) is 1. The average Bonchev–Trinajstić information content (AvgIpc) is 2.96. The summed E-state index contributed by atoms with van der Waals surface area (Å²) in [6.45, 7) is 0.889. The van der Waals surface area contributed by atoms with Crippen LogP contribution in [0.15, 0.2) is 29.4 Å². The van der Waals surface area contributed by atoms with E-state index >= 15 is 0 Å². The minimum absolute atomic E-state index is 0.330. The van der Waals surface area contributed by atoms with E-state index in [-0.39, 0.29) is 11.9 Å². The lowest BCUT2D eigenvalue weighted by Crippen LogP contribution is -2.40. The van der Waals surface area contributed by atoms with Gasteiger partial charge in [-0.25, -0.2) is 4.39 Å². The molecule has 118 valence electrons. The molecule has 1 aromatic carbocycles. The Morgan fingerprint density at radius 1 is 1.36 bits per heavy atom. The van der Waals surface area contributed by atoms with Crippen molar-refractivity contribution >= 4 is 11.7 Å². The number of carbonyl (C=O) groups is 1. The van der Waals surface area contributed by atoms with Gasteiger partial charge in [0.1, 0.15) is 11.9 Å². The van der Waals surface area contributed by atoms with Crippen LogP contribution in [-0.2, 0) is 14.4 Å². The summed E-state index contributed by atoms with van der Waals surface area (Å²) in [5.74, 6) is -1.16. The molecule has 0 aromatic heterocycles. The molecule has 2 aliphatic rings. The smallest absolute Gasteiger partial charge is 0.309 e. The number of aliphatic carboxylic acids is 1. The van der Waals surface area contributed by atoms with E-state index in [9.17, 15) is 14.3 Å². The van der Waals surface area contributed by atoms with Gasteiger partial charge in [0.05, 0.1) is 11.1 Å². The maximum Gasteiger partial charge on any atom is 0.309 e. The average molecular weight is 307 g/mol. The second-order valence-corrected chi connectivity index (χ2v) is 5.85. The maximum atomic E-state index is 13.8. The molecular weight excluding hydrogens is 289 g/mol. The first kappa shape index (κ1) is 15.0. The lowest BCUT2D eigenvalue weighted by atomic mass is 9.75. The Morgan fingerprint density at radius 3 is 2.77 bits per heavy atom. The van der Waals surface area contributed by atoms with E-state index in [1.807, 2.05) is 0 Å². The molecule has 3 rings (SSSR count). The van der Waals surface area contributed by atoms with Crippen molar-refractivity contribution in [3.05, 3.63) is 35.6 Å². The molecule has 1 saturated heterocycles. The van der Waals surface area contributed by atoms with Crippen molar-refractivity contribution in [2.45, 2.75) is 31.8 Å². The fourth-order valence-corrected chi connectivity index (χ4v) is 3.10. The highest BCUT2D eigenvalue weighted by Crippen LogP contribution is 2.38. The van der Waals surface area contributed by atoms with E-state index in [1.165, 1.54) is 6.07 Å². The first-order valence-corrected chi connectivity index (χ1v) is 7.39. The molecule has 2 aliphatic heterocycles. The van der Waals surface area contributed by atoms with Crippen LogP contribution in [0.25, 0.3) is 0 Å². The zero-order chi connectivity index (χ0) is 15.6. The maximum absolute atomic E-state index is 13.8. The van der Waals surface area contributed by atoms with Gasteiger partial charge in [-0.2, -0.15) is 0 Å². The van der Waals surface area contributed by atoms with E-state index < -0.39 is 11.4 Å². The molecule has 1 N–H and O–H groups in total. The molecule has 0 saturated carbocycles. The number of benzene rings is 1. The largest absolute Gasteiger partial charge is 0.481 e. The third kappa shape index (κ3) is 2.83. The summed E-state index contributed by atoms with van der Waals surface area (Å²) in [6.07, 6.45) is 1.40. The Bertz CT molecular complexity index is 596.